The van der Waals surface area contributed by atoms with Crippen molar-refractivity contribution in [3.05, 3.63) is 47.5 Å². The summed E-state index contributed by atoms with van der Waals surface area (Å²) in [4.78, 5) is 26.4. The summed E-state index contributed by atoms with van der Waals surface area (Å²) in [5.41, 5.74) is 2.28. The smallest absolute Gasteiger partial charge is 0.225 e. The topological polar surface area (TPSA) is 80.1 Å². The first-order valence-corrected chi connectivity index (χ1v) is 9.04. The van der Waals surface area contributed by atoms with Crippen molar-refractivity contribution in [1.82, 2.24) is 25.0 Å². The first-order valence-electron chi connectivity index (χ1n) is 9.04. The van der Waals surface area contributed by atoms with Gasteiger partial charge in [0.05, 0.1) is 5.92 Å². The SMILES string of the molecule is CCn1cnnc1CCNC(=O)[C@@H]1CC(=O)N(Cc2ccc(C)cc2)C1. The summed E-state index contributed by atoms with van der Waals surface area (Å²) in [5, 5.41) is 10.9. The molecule has 1 aromatic heterocycles. The van der Waals surface area contributed by atoms with Gasteiger partial charge in [-0.1, -0.05) is 29.8 Å². The van der Waals surface area contributed by atoms with Crippen molar-refractivity contribution in [3.63, 3.8) is 0 Å². The molecule has 1 fully saturated rings. The van der Waals surface area contributed by atoms with Crippen molar-refractivity contribution in [3.8, 4) is 0 Å². The quantitative estimate of drug-likeness (QED) is 0.812. The molecule has 0 bridgehead atoms. The average molecular weight is 355 g/mol. The first kappa shape index (κ1) is 18.1. The van der Waals surface area contributed by atoms with Gasteiger partial charge in [0.15, 0.2) is 0 Å². The van der Waals surface area contributed by atoms with Crippen LogP contribution in [0.5, 0.6) is 0 Å². The van der Waals surface area contributed by atoms with E-state index in [1.165, 1.54) is 5.56 Å². The van der Waals surface area contributed by atoms with Gasteiger partial charge < -0.3 is 14.8 Å². The number of rotatable bonds is 7. The summed E-state index contributed by atoms with van der Waals surface area (Å²) in [5.74, 6) is 0.553. The van der Waals surface area contributed by atoms with Crippen molar-refractivity contribution in [1.29, 1.82) is 0 Å². The van der Waals surface area contributed by atoms with Crippen LogP contribution in [0.3, 0.4) is 0 Å². The Morgan fingerprint density at radius 1 is 1.31 bits per heavy atom. The highest BCUT2D eigenvalue weighted by Crippen LogP contribution is 2.20. The van der Waals surface area contributed by atoms with Gasteiger partial charge in [0.25, 0.3) is 0 Å². The molecule has 1 saturated heterocycles. The molecule has 0 saturated carbocycles. The third-order valence-corrected chi connectivity index (χ3v) is 4.76. The van der Waals surface area contributed by atoms with Gasteiger partial charge in [0.2, 0.25) is 11.8 Å². The summed E-state index contributed by atoms with van der Waals surface area (Å²) in [7, 11) is 0. The second-order valence-corrected chi connectivity index (χ2v) is 6.74. The minimum Gasteiger partial charge on any atom is -0.355 e. The molecule has 2 amide bonds. The van der Waals surface area contributed by atoms with Crippen LogP contribution in [0.2, 0.25) is 0 Å². The zero-order valence-electron chi connectivity index (χ0n) is 15.3. The van der Waals surface area contributed by atoms with E-state index >= 15 is 0 Å². The number of carbonyl (C=O) groups excluding carboxylic acids is 2. The highest BCUT2D eigenvalue weighted by molar-refractivity contribution is 5.89. The van der Waals surface area contributed by atoms with Crippen LogP contribution in [0.1, 0.15) is 30.3 Å². The van der Waals surface area contributed by atoms with E-state index < -0.39 is 0 Å². The van der Waals surface area contributed by atoms with E-state index in [2.05, 4.69) is 15.5 Å². The van der Waals surface area contributed by atoms with Crippen LogP contribution in [-0.2, 0) is 29.1 Å². The first-order chi connectivity index (χ1) is 12.6. The van der Waals surface area contributed by atoms with Crippen molar-refractivity contribution < 1.29 is 9.59 Å². The molecule has 0 radical (unpaired) electrons. The molecule has 0 unspecified atom stereocenters. The molecule has 0 aliphatic carbocycles. The average Bonchev–Trinajstić information content (AvgIpc) is 3.23. The Balaban J connectivity index is 1.48. The molecule has 1 atom stereocenters. The zero-order chi connectivity index (χ0) is 18.5. The summed E-state index contributed by atoms with van der Waals surface area (Å²) in [6, 6.07) is 8.13. The van der Waals surface area contributed by atoms with Gasteiger partial charge in [0.1, 0.15) is 12.2 Å². The number of benzene rings is 1. The van der Waals surface area contributed by atoms with Crippen LogP contribution in [0.15, 0.2) is 30.6 Å². The van der Waals surface area contributed by atoms with E-state index in [-0.39, 0.29) is 24.2 Å². The monoisotopic (exact) mass is 355 g/mol. The number of nitrogens with zero attached hydrogens (tertiary/aromatic N) is 4. The third kappa shape index (κ3) is 4.28. The summed E-state index contributed by atoms with van der Waals surface area (Å²) in [6.07, 6.45) is 2.60. The molecule has 2 heterocycles. The number of hydrogen-bond donors (Lipinski definition) is 1. The molecule has 138 valence electrons. The van der Waals surface area contributed by atoms with E-state index in [4.69, 9.17) is 0 Å². The standard InChI is InChI=1S/C19H25N5O2/c1-3-23-13-21-22-17(23)8-9-20-19(26)16-10-18(25)24(12-16)11-15-6-4-14(2)5-7-15/h4-7,13,16H,3,8-12H2,1-2H3,(H,20,26)/t16-/m1/s1. The zero-order valence-corrected chi connectivity index (χ0v) is 15.3. The number of aryl methyl sites for hydroxylation is 2. The molecule has 2 aromatic rings. The van der Waals surface area contributed by atoms with Gasteiger partial charge in [-0.2, -0.15) is 0 Å². The predicted molar refractivity (Wildman–Crippen MR) is 97.1 cm³/mol. The van der Waals surface area contributed by atoms with Gasteiger partial charge in [-0.15, -0.1) is 10.2 Å². The number of carbonyl (C=O) groups is 2. The summed E-state index contributed by atoms with van der Waals surface area (Å²) >= 11 is 0. The van der Waals surface area contributed by atoms with E-state index in [1.807, 2.05) is 42.7 Å². The molecule has 26 heavy (non-hydrogen) atoms. The Kier molecular flexibility index (Phi) is 5.65. The van der Waals surface area contributed by atoms with Gasteiger partial charge >= 0.3 is 0 Å². The van der Waals surface area contributed by atoms with Crippen LogP contribution in [0.4, 0.5) is 0 Å². The predicted octanol–water partition coefficient (Wildman–Crippen LogP) is 1.31. The van der Waals surface area contributed by atoms with Gasteiger partial charge in [-0.05, 0) is 19.4 Å². The molecule has 7 heteroatoms. The Hall–Kier alpha value is -2.70. The number of aromatic nitrogens is 3. The molecule has 7 nitrogen and oxygen atoms in total. The van der Waals surface area contributed by atoms with E-state index in [1.54, 1.807) is 11.2 Å². The molecule has 1 N–H and O–H groups in total. The number of hydrogen-bond acceptors (Lipinski definition) is 4. The Bertz CT molecular complexity index is 768. The maximum absolute atomic E-state index is 12.4. The van der Waals surface area contributed by atoms with Crippen molar-refractivity contribution in [2.45, 2.75) is 39.8 Å². The van der Waals surface area contributed by atoms with E-state index in [9.17, 15) is 9.59 Å². The van der Waals surface area contributed by atoms with Crippen LogP contribution in [-0.4, -0.2) is 44.6 Å². The maximum Gasteiger partial charge on any atom is 0.225 e. The fraction of sp³-hybridized carbons (Fsp3) is 0.474. The van der Waals surface area contributed by atoms with Crippen LogP contribution >= 0.6 is 0 Å². The van der Waals surface area contributed by atoms with Crippen LogP contribution in [0, 0.1) is 12.8 Å². The minimum atomic E-state index is -0.281. The molecule has 3 rings (SSSR count). The lowest BCUT2D eigenvalue weighted by atomic mass is 10.1. The molecule has 1 aliphatic rings. The van der Waals surface area contributed by atoms with Crippen molar-refractivity contribution in [2.75, 3.05) is 13.1 Å². The lowest BCUT2D eigenvalue weighted by Gasteiger charge is -2.17. The van der Waals surface area contributed by atoms with Crippen molar-refractivity contribution >= 4 is 11.8 Å². The molecule has 1 aliphatic heterocycles. The van der Waals surface area contributed by atoms with Gasteiger partial charge in [-0.3, -0.25) is 9.59 Å². The van der Waals surface area contributed by atoms with Gasteiger partial charge in [0, 0.05) is 39.0 Å². The number of nitrogens with one attached hydrogen (secondary N) is 1. The second kappa shape index (κ2) is 8.12. The molecule has 0 spiro atoms. The largest absolute Gasteiger partial charge is 0.355 e. The second-order valence-electron chi connectivity index (χ2n) is 6.74. The summed E-state index contributed by atoms with van der Waals surface area (Å²) < 4.78 is 1.95. The highest BCUT2D eigenvalue weighted by Gasteiger charge is 2.34. The lowest BCUT2D eigenvalue weighted by Crippen LogP contribution is -2.34. The lowest BCUT2D eigenvalue weighted by molar-refractivity contribution is -0.129. The Morgan fingerprint density at radius 2 is 2.08 bits per heavy atom. The Labute approximate surface area is 153 Å². The Morgan fingerprint density at radius 3 is 2.81 bits per heavy atom. The van der Waals surface area contributed by atoms with Crippen LogP contribution in [0.25, 0.3) is 0 Å². The number of likely N-dealkylation sites (tertiary alicyclic amines) is 1. The minimum absolute atomic E-state index is 0.0384. The highest BCUT2D eigenvalue weighted by atomic mass is 16.2. The van der Waals surface area contributed by atoms with E-state index in [0.717, 1.165) is 17.9 Å². The molecule has 1 aromatic carbocycles. The molecular weight excluding hydrogens is 330 g/mol. The van der Waals surface area contributed by atoms with Crippen LogP contribution < -0.4 is 5.32 Å². The van der Waals surface area contributed by atoms with Crippen molar-refractivity contribution in [2.24, 2.45) is 5.92 Å². The third-order valence-electron chi connectivity index (χ3n) is 4.76. The fourth-order valence-electron chi connectivity index (χ4n) is 3.19. The molecular formula is C19H25N5O2. The summed E-state index contributed by atoms with van der Waals surface area (Å²) in [6.45, 7) is 6.40. The van der Waals surface area contributed by atoms with E-state index in [0.29, 0.717) is 26.1 Å². The van der Waals surface area contributed by atoms with Gasteiger partial charge in [-0.25, -0.2) is 0 Å². The number of amides is 2. The fourth-order valence-corrected chi connectivity index (χ4v) is 3.19. The normalized spacial score (nSPS) is 16.9. The maximum atomic E-state index is 12.4.